The second-order valence-electron chi connectivity index (χ2n) is 8.81. The molecule has 0 radical (unpaired) electrons. The van der Waals surface area contributed by atoms with E-state index in [9.17, 15) is 14.7 Å². The lowest BCUT2D eigenvalue weighted by Crippen LogP contribution is -2.27. The summed E-state index contributed by atoms with van der Waals surface area (Å²) in [6.07, 6.45) is 20.5. The second kappa shape index (κ2) is 18.0. The van der Waals surface area contributed by atoms with E-state index in [2.05, 4.69) is 6.92 Å². The van der Waals surface area contributed by atoms with Crippen molar-refractivity contribution in [3.8, 4) is 0 Å². The van der Waals surface area contributed by atoms with Crippen LogP contribution in [0.1, 0.15) is 136 Å². The highest BCUT2D eigenvalue weighted by Crippen LogP contribution is 2.31. The van der Waals surface area contributed by atoms with Crippen LogP contribution < -0.4 is 0 Å². The van der Waals surface area contributed by atoms with Gasteiger partial charge in [0.15, 0.2) is 0 Å². The molecule has 1 unspecified atom stereocenters. The second-order valence-corrected chi connectivity index (χ2v) is 8.81. The maximum atomic E-state index is 11.7. The first kappa shape index (κ1) is 26.9. The Morgan fingerprint density at radius 1 is 0.607 bits per heavy atom. The van der Waals surface area contributed by atoms with E-state index in [1.165, 1.54) is 57.8 Å². The molecule has 0 aliphatic rings. The lowest BCUT2D eigenvalue weighted by Gasteiger charge is -2.24. The van der Waals surface area contributed by atoms with E-state index >= 15 is 0 Å². The summed E-state index contributed by atoms with van der Waals surface area (Å²) >= 11 is 0. The predicted octanol–water partition coefficient (Wildman–Crippen LogP) is 7.59. The molecule has 0 spiro atoms. The largest absolute Gasteiger partial charge is 0.481 e. The zero-order valence-electron chi connectivity index (χ0n) is 18.6. The first-order valence-electron chi connectivity index (χ1n) is 11.9. The smallest absolute Gasteiger partial charge is 0.309 e. The minimum Gasteiger partial charge on any atom is -0.481 e. The monoisotopic (exact) mass is 398 g/mol. The van der Waals surface area contributed by atoms with E-state index in [-0.39, 0.29) is 0 Å². The van der Waals surface area contributed by atoms with Gasteiger partial charge >= 0.3 is 11.9 Å². The van der Waals surface area contributed by atoms with Gasteiger partial charge in [-0.15, -0.1) is 0 Å². The Hall–Kier alpha value is -1.06. The number of rotatable bonds is 21. The van der Waals surface area contributed by atoms with Gasteiger partial charge in [-0.1, -0.05) is 103 Å². The van der Waals surface area contributed by atoms with E-state index in [0.29, 0.717) is 6.42 Å². The van der Waals surface area contributed by atoms with Crippen molar-refractivity contribution in [2.24, 2.45) is 5.41 Å². The van der Waals surface area contributed by atoms with E-state index in [1.807, 2.05) is 6.92 Å². The van der Waals surface area contributed by atoms with Crippen molar-refractivity contribution in [1.29, 1.82) is 0 Å². The average molecular weight is 399 g/mol. The van der Waals surface area contributed by atoms with Crippen LogP contribution in [-0.2, 0) is 9.59 Å². The van der Waals surface area contributed by atoms with Crippen LogP contribution in [0.2, 0.25) is 0 Å². The molecule has 0 aliphatic heterocycles. The number of unbranched alkanes of at least 4 members (excludes halogenated alkanes) is 14. The number of carboxylic acid groups (broad SMARTS) is 2. The van der Waals surface area contributed by atoms with Crippen molar-refractivity contribution in [2.75, 3.05) is 0 Å². The topological polar surface area (TPSA) is 74.6 Å². The molecule has 0 saturated carbocycles. The quantitative estimate of drug-likeness (QED) is 0.195. The van der Waals surface area contributed by atoms with Crippen LogP contribution in [0.15, 0.2) is 0 Å². The molecule has 0 heterocycles. The Balaban J connectivity index is 3.57. The summed E-state index contributed by atoms with van der Waals surface area (Å²) < 4.78 is 0. The number of hydrogen-bond donors (Lipinski definition) is 2. The lowest BCUT2D eigenvalue weighted by atomic mass is 9.80. The molecule has 1 atom stereocenters. The van der Waals surface area contributed by atoms with Crippen molar-refractivity contribution in [3.63, 3.8) is 0 Å². The molecule has 4 nitrogen and oxygen atoms in total. The summed E-state index contributed by atoms with van der Waals surface area (Å²) in [5, 5.41) is 18.2. The van der Waals surface area contributed by atoms with E-state index in [1.54, 1.807) is 0 Å². The van der Waals surface area contributed by atoms with Crippen molar-refractivity contribution in [3.05, 3.63) is 0 Å². The SMILES string of the molecule is CCCCCCCC(C)(CCCCCCCCCCCCCC(=O)O)C(=O)O. The van der Waals surface area contributed by atoms with E-state index in [0.717, 1.165) is 57.8 Å². The molecule has 0 rings (SSSR count). The molecule has 4 heteroatoms. The number of hydrogen-bond acceptors (Lipinski definition) is 2. The molecule has 0 saturated heterocycles. The Morgan fingerprint density at radius 2 is 0.964 bits per heavy atom. The summed E-state index contributed by atoms with van der Waals surface area (Å²) in [7, 11) is 0. The highest BCUT2D eigenvalue weighted by molar-refractivity contribution is 5.74. The molecule has 0 aromatic heterocycles. The normalized spacial score (nSPS) is 13.4. The minimum absolute atomic E-state index is 0.305. The van der Waals surface area contributed by atoms with Crippen LogP contribution in [0.4, 0.5) is 0 Å². The van der Waals surface area contributed by atoms with Gasteiger partial charge < -0.3 is 10.2 Å². The number of carboxylic acids is 2. The van der Waals surface area contributed by atoms with Gasteiger partial charge in [-0.2, -0.15) is 0 Å². The molecule has 0 bridgehead atoms. The third kappa shape index (κ3) is 15.9. The molecule has 28 heavy (non-hydrogen) atoms. The predicted molar refractivity (Wildman–Crippen MR) is 117 cm³/mol. The molecule has 0 aliphatic carbocycles. The number of aliphatic carboxylic acids is 2. The van der Waals surface area contributed by atoms with Crippen molar-refractivity contribution in [1.82, 2.24) is 0 Å². The Bertz CT molecular complexity index is 394. The van der Waals surface area contributed by atoms with Crippen LogP contribution in [0.25, 0.3) is 0 Å². The van der Waals surface area contributed by atoms with Gasteiger partial charge in [0.1, 0.15) is 0 Å². The van der Waals surface area contributed by atoms with Gasteiger partial charge in [0.2, 0.25) is 0 Å². The molecule has 0 aromatic rings. The van der Waals surface area contributed by atoms with Crippen LogP contribution in [-0.4, -0.2) is 22.2 Å². The zero-order valence-corrected chi connectivity index (χ0v) is 18.6. The summed E-state index contributed by atoms with van der Waals surface area (Å²) in [6.45, 7) is 4.14. The summed E-state index contributed by atoms with van der Waals surface area (Å²) in [6, 6.07) is 0. The lowest BCUT2D eigenvalue weighted by molar-refractivity contribution is -0.149. The molecule has 2 N–H and O–H groups in total. The van der Waals surface area contributed by atoms with Gasteiger partial charge in [-0.25, -0.2) is 0 Å². The highest BCUT2D eigenvalue weighted by atomic mass is 16.4. The van der Waals surface area contributed by atoms with Gasteiger partial charge in [0.25, 0.3) is 0 Å². The summed E-state index contributed by atoms with van der Waals surface area (Å²) in [5.41, 5.74) is -0.535. The van der Waals surface area contributed by atoms with E-state index < -0.39 is 17.4 Å². The third-order valence-electron chi connectivity index (χ3n) is 5.97. The first-order chi connectivity index (χ1) is 13.4. The molecular weight excluding hydrogens is 352 g/mol. The van der Waals surface area contributed by atoms with Gasteiger partial charge in [-0.3, -0.25) is 9.59 Å². The Kier molecular flexibility index (Phi) is 17.3. The Morgan fingerprint density at radius 3 is 1.32 bits per heavy atom. The van der Waals surface area contributed by atoms with Crippen molar-refractivity contribution >= 4 is 11.9 Å². The summed E-state index contributed by atoms with van der Waals surface area (Å²) in [5.74, 6) is -1.30. The maximum Gasteiger partial charge on any atom is 0.309 e. The first-order valence-corrected chi connectivity index (χ1v) is 11.9. The standard InChI is InChI=1S/C24H46O4/c1-3-4-5-14-17-20-24(2,23(27)28)21-18-15-12-10-8-6-7-9-11-13-16-19-22(25)26/h3-21H2,1-2H3,(H,25,26)(H,27,28). The molecule has 0 aromatic carbocycles. The van der Waals surface area contributed by atoms with Gasteiger partial charge in [-0.05, 0) is 26.2 Å². The fraction of sp³-hybridized carbons (Fsp3) is 0.917. The zero-order chi connectivity index (χ0) is 21.1. The third-order valence-corrected chi connectivity index (χ3v) is 5.97. The van der Waals surface area contributed by atoms with Crippen LogP contribution in [0, 0.1) is 5.41 Å². The maximum absolute atomic E-state index is 11.7. The summed E-state index contributed by atoms with van der Waals surface area (Å²) in [4.78, 5) is 22.1. The molecule has 0 fully saturated rings. The van der Waals surface area contributed by atoms with Crippen LogP contribution in [0.5, 0.6) is 0 Å². The fourth-order valence-electron chi connectivity index (χ4n) is 3.84. The van der Waals surface area contributed by atoms with Gasteiger partial charge in [0, 0.05) is 6.42 Å². The van der Waals surface area contributed by atoms with Crippen molar-refractivity contribution in [2.45, 2.75) is 136 Å². The fourth-order valence-corrected chi connectivity index (χ4v) is 3.84. The van der Waals surface area contributed by atoms with Crippen LogP contribution >= 0.6 is 0 Å². The molecular formula is C24H46O4. The average Bonchev–Trinajstić information content (AvgIpc) is 2.65. The van der Waals surface area contributed by atoms with Crippen molar-refractivity contribution < 1.29 is 19.8 Å². The molecule has 166 valence electrons. The highest BCUT2D eigenvalue weighted by Gasteiger charge is 2.31. The van der Waals surface area contributed by atoms with Crippen LogP contribution in [0.3, 0.4) is 0 Å². The molecule has 0 amide bonds. The van der Waals surface area contributed by atoms with Gasteiger partial charge in [0.05, 0.1) is 5.41 Å². The minimum atomic E-state index is -0.685. The van der Waals surface area contributed by atoms with E-state index in [4.69, 9.17) is 5.11 Å². The number of carbonyl (C=O) groups is 2. The Labute approximate surface area is 173 Å².